The van der Waals surface area contributed by atoms with Crippen LogP contribution < -0.4 is 0 Å². The lowest BCUT2D eigenvalue weighted by Gasteiger charge is -2.30. The minimum atomic E-state index is -1.08. The van der Waals surface area contributed by atoms with E-state index in [9.17, 15) is 9.59 Å². The first-order chi connectivity index (χ1) is 6.66. The van der Waals surface area contributed by atoms with Crippen molar-refractivity contribution in [1.29, 1.82) is 0 Å². The molecular weight excluding hydrogens is 190 g/mol. The standard InChI is InChI=1S/C8H13NO5/c1-13-5-6(7(10)11)9-3-2-4-14-8(9)12/h6H,2-5H2,1H3,(H,10,11). The van der Waals surface area contributed by atoms with Crippen LogP contribution in [0.2, 0.25) is 0 Å². The van der Waals surface area contributed by atoms with E-state index in [-0.39, 0.29) is 6.61 Å². The Kier molecular flexibility index (Phi) is 3.70. The second-order valence-electron chi connectivity index (χ2n) is 2.97. The van der Waals surface area contributed by atoms with Gasteiger partial charge in [-0.05, 0) is 6.42 Å². The number of cyclic esters (lactones) is 1. The number of methoxy groups -OCH3 is 1. The normalized spacial score (nSPS) is 18.9. The average molecular weight is 203 g/mol. The monoisotopic (exact) mass is 203 g/mol. The molecule has 0 aromatic rings. The van der Waals surface area contributed by atoms with Gasteiger partial charge < -0.3 is 14.6 Å². The molecule has 1 N–H and O–H groups in total. The lowest BCUT2D eigenvalue weighted by molar-refractivity contribution is -0.145. The molecule has 1 aliphatic heterocycles. The summed E-state index contributed by atoms with van der Waals surface area (Å²) < 4.78 is 9.47. The zero-order valence-electron chi connectivity index (χ0n) is 7.93. The van der Waals surface area contributed by atoms with Gasteiger partial charge in [-0.3, -0.25) is 4.90 Å². The number of hydrogen-bond donors (Lipinski definition) is 1. The van der Waals surface area contributed by atoms with E-state index in [0.29, 0.717) is 19.6 Å². The molecule has 0 radical (unpaired) electrons. The summed E-state index contributed by atoms with van der Waals surface area (Å²) >= 11 is 0. The number of ether oxygens (including phenoxy) is 2. The quantitative estimate of drug-likeness (QED) is 0.692. The Morgan fingerprint density at radius 2 is 2.50 bits per heavy atom. The van der Waals surface area contributed by atoms with E-state index >= 15 is 0 Å². The van der Waals surface area contributed by atoms with Crippen LogP contribution in [0.5, 0.6) is 0 Å². The Morgan fingerprint density at radius 3 is 3.00 bits per heavy atom. The first-order valence-electron chi connectivity index (χ1n) is 4.32. The second kappa shape index (κ2) is 4.80. The molecule has 1 aliphatic rings. The number of amides is 1. The Morgan fingerprint density at radius 1 is 1.79 bits per heavy atom. The number of aliphatic carboxylic acids is 1. The summed E-state index contributed by atoms with van der Waals surface area (Å²) in [5.41, 5.74) is 0. The van der Waals surface area contributed by atoms with Crippen molar-refractivity contribution in [3.8, 4) is 0 Å². The summed E-state index contributed by atoms with van der Waals surface area (Å²) in [6.07, 6.45) is 0.0693. The van der Waals surface area contributed by atoms with Crippen molar-refractivity contribution in [3.05, 3.63) is 0 Å². The number of nitrogens with zero attached hydrogens (tertiary/aromatic N) is 1. The van der Waals surface area contributed by atoms with Crippen molar-refractivity contribution < 1.29 is 24.2 Å². The Hall–Kier alpha value is -1.30. The van der Waals surface area contributed by atoms with Crippen LogP contribution in [0.15, 0.2) is 0 Å². The zero-order valence-corrected chi connectivity index (χ0v) is 7.93. The molecule has 0 aromatic heterocycles. The van der Waals surface area contributed by atoms with Crippen LogP contribution >= 0.6 is 0 Å². The lowest BCUT2D eigenvalue weighted by Crippen LogP contribution is -2.50. The van der Waals surface area contributed by atoms with E-state index in [1.165, 1.54) is 12.0 Å². The summed E-state index contributed by atoms with van der Waals surface area (Å²) in [6, 6.07) is -0.951. The molecule has 0 spiro atoms. The van der Waals surface area contributed by atoms with Gasteiger partial charge in [0.15, 0.2) is 6.04 Å². The molecule has 0 bridgehead atoms. The molecule has 6 heteroatoms. The SMILES string of the molecule is COCC(C(=O)O)N1CCCOC1=O. The lowest BCUT2D eigenvalue weighted by atomic mass is 10.2. The summed E-state index contributed by atoms with van der Waals surface area (Å²) in [4.78, 5) is 23.2. The second-order valence-corrected chi connectivity index (χ2v) is 2.97. The molecule has 1 unspecified atom stereocenters. The number of carbonyl (C=O) groups excluding carboxylic acids is 1. The van der Waals surface area contributed by atoms with Crippen molar-refractivity contribution in [2.75, 3.05) is 26.9 Å². The number of hydrogen-bond acceptors (Lipinski definition) is 4. The predicted molar refractivity (Wildman–Crippen MR) is 46.0 cm³/mol. The third-order valence-electron chi connectivity index (χ3n) is 1.99. The fraction of sp³-hybridized carbons (Fsp3) is 0.750. The van der Waals surface area contributed by atoms with Crippen molar-refractivity contribution in [2.45, 2.75) is 12.5 Å². The van der Waals surface area contributed by atoms with Gasteiger partial charge in [0.1, 0.15) is 0 Å². The van der Waals surface area contributed by atoms with E-state index in [1.54, 1.807) is 0 Å². The number of carbonyl (C=O) groups is 2. The smallest absolute Gasteiger partial charge is 0.410 e. The van der Waals surface area contributed by atoms with Gasteiger partial charge in [-0.15, -0.1) is 0 Å². The van der Waals surface area contributed by atoms with Gasteiger partial charge in [0.05, 0.1) is 13.2 Å². The zero-order chi connectivity index (χ0) is 10.6. The van der Waals surface area contributed by atoms with E-state index < -0.39 is 18.1 Å². The van der Waals surface area contributed by atoms with Crippen LogP contribution in [0.25, 0.3) is 0 Å². The molecule has 6 nitrogen and oxygen atoms in total. The Balaban J connectivity index is 2.65. The summed E-state index contributed by atoms with van der Waals surface area (Å²) in [5.74, 6) is -1.08. The van der Waals surface area contributed by atoms with Crippen LogP contribution in [-0.4, -0.2) is 55.0 Å². The highest BCUT2D eigenvalue weighted by molar-refractivity contribution is 5.80. The molecule has 1 saturated heterocycles. The average Bonchev–Trinajstić information content (AvgIpc) is 2.15. The maximum Gasteiger partial charge on any atom is 0.410 e. The van der Waals surface area contributed by atoms with E-state index in [4.69, 9.17) is 14.6 Å². The van der Waals surface area contributed by atoms with Gasteiger partial charge in [0, 0.05) is 13.7 Å². The van der Waals surface area contributed by atoms with E-state index in [1.807, 2.05) is 0 Å². The first-order valence-corrected chi connectivity index (χ1v) is 4.32. The number of carboxylic acid groups (broad SMARTS) is 1. The molecule has 0 aliphatic carbocycles. The third kappa shape index (κ3) is 2.35. The molecule has 1 fully saturated rings. The first kappa shape index (κ1) is 10.8. The van der Waals surface area contributed by atoms with Crippen LogP contribution in [-0.2, 0) is 14.3 Å². The Bertz CT molecular complexity index is 228. The van der Waals surface area contributed by atoms with Gasteiger partial charge in [0.25, 0.3) is 0 Å². The summed E-state index contributed by atoms with van der Waals surface area (Å²) in [7, 11) is 1.39. The number of carboxylic acids is 1. The van der Waals surface area contributed by atoms with Crippen molar-refractivity contribution >= 4 is 12.1 Å². The summed E-state index contributed by atoms with van der Waals surface area (Å²) in [5, 5.41) is 8.84. The van der Waals surface area contributed by atoms with Crippen LogP contribution in [0.1, 0.15) is 6.42 Å². The van der Waals surface area contributed by atoms with Crippen molar-refractivity contribution in [1.82, 2.24) is 4.90 Å². The number of rotatable bonds is 4. The highest BCUT2D eigenvalue weighted by atomic mass is 16.6. The van der Waals surface area contributed by atoms with Crippen molar-refractivity contribution in [2.24, 2.45) is 0 Å². The highest BCUT2D eigenvalue weighted by Gasteiger charge is 2.32. The largest absolute Gasteiger partial charge is 0.480 e. The summed E-state index contributed by atoms with van der Waals surface area (Å²) in [6.45, 7) is 0.734. The maximum absolute atomic E-state index is 11.2. The fourth-order valence-electron chi connectivity index (χ4n) is 1.30. The molecule has 1 heterocycles. The van der Waals surface area contributed by atoms with Gasteiger partial charge in [-0.2, -0.15) is 0 Å². The molecule has 0 aromatic carbocycles. The van der Waals surface area contributed by atoms with Crippen LogP contribution in [0.3, 0.4) is 0 Å². The topological polar surface area (TPSA) is 76.1 Å². The molecule has 0 saturated carbocycles. The van der Waals surface area contributed by atoms with Crippen LogP contribution in [0, 0.1) is 0 Å². The van der Waals surface area contributed by atoms with Gasteiger partial charge in [-0.1, -0.05) is 0 Å². The third-order valence-corrected chi connectivity index (χ3v) is 1.99. The minimum absolute atomic E-state index is 0.0234. The highest BCUT2D eigenvalue weighted by Crippen LogP contribution is 2.10. The van der Waals surface area contributed by atoms with Crippen molar-refractivity contribution in [3.63, 3.8) is 0 Å². The molecule has 80 valence electrons. The molecule has 1 atom stereocenters. The molecule has 1 amide bonds. The molecule has 14 heavy (non-hydrogen) atoms. The van der Waals surface area contributed by atoms with E-state index in [0.717, 1.165) is 0 Å². The predicted octanol–water partition coefficient (Wildman–Crippen LogP) is -0.0717. The maximum atomic E-state index is 11.2. The fourth-order valence-corrected chi connectivity index (χ4v) is 1.30. The minimum Gasteiger partial charge on any atom is -0.480 e. The van der Waals surface area contributed by atoms with Gasteiger partial charge in [0.2, 0.25) is 0 Å². The van der Waals surface area contributed by atoms with Crippen LogP contribution in [0.4, 0.5) is 4.79 Å². The van der Waals surface area contributed by atoms with Gasteiger partial charge in [-0.25, -0.2) is 9.59 Å². The molecule has 1 rings (SSSR count). The Labute approximate surface area is 81.4 Å². The molecular formula is C8H13NO5. The van der Waals surface area contributed by atoms with Gasteiger partial charge >= 0.3 is 12.1 Å². The van der Waals surface area contributed by atoms with E-state index in [2.05, 4.69) is 0 Å².